The molecule has 0 unspecified atom stereocenters. The number of aryl methyl sites for hydroxylation is 1. The van der Waals surface area contributed by atoms with E-state index in [0.29, 0.717) is 29.4 Å². The number of nitrogens with one attached hydrogen (secondary N) is 2. The number of piperidine rings is 1. The first-order valence-corrected chi connectivity index (χ1v) is 15.7. The van der Waals surface area contributed by atoms with Gasteiger partial charge in [-0.05, 0) is 61.2 Å². The highest BCUT2D eigenvalue weighted by molar-refractivity contribution is 7.92. The van der Waals surface area contributed by atoms with Crippen LogP contribution in [0.25, 0.3) is 0 Å². The van der Waals surface area contributed by atoms with Gasteiger partial charge in [-0.3, -0.25) is 14.3 Å². The minimum Gasteiger partial charge on any atom is -0.457 e. The minimum atomic E-state index is -3.32. The molecule has 1 aliphatic rings. The number of halogens is 1. The lowest BCUT2D eigenvalue weighted by atomic mass is 10.0. The summed E-state index contributed by atoms with van der Waals surface area (Å²) in [4.78, 5) is 17.5. The molecule has 40 heavy (non-hydrogen) atoms. The summed E-state index contributed by atoms with van der Waals surface area (Å²) >= 11 is 6.15. The van der Waals surface area contributed by atoms with Crippen LogP contribution < -0.4 is 14.8 Å². The third-order valence-electron chi connectivity index (χ3n) is 6.76. The Morgan fingerprint density at radius 2 is 1.73 bits per heavy atom. The lowest BCUT2D eigenvalue weighted by Gasteiger charge is -2.38. The van der Waals surface area contributed by atoms with Gasteiger partial charge in [0.1, 0.15) is 17.2 Å². The molecule has 0 spiro atoms. The van der Waals surface area contributed by atoms with Crippen LogP contribution in [0.1, 0.15) is 38.2 Å². The Balaban J connectivity index is 1.28. The fourth-order valence-electron chi connectivity index (χ4n) is 4.76. The van der Waals surface area contributed by atoms with Crippen molar-refractivity contribution in [2.75, 3.05) is 35.9 Å². The molecule has 1 fully saturated rings. The van der Waals surface area contributed by atoms with E-state index >= 15 is 0 Å². The number of hydrogen-bond donors (Lipinski definition) is 2. The number of aromatic nitrogens is 2. The molecule has 1 aliphatic heterocycles. The molecule has 4 rings (SSSR count). The van der Waals surface area contributed by atoms with Crippen LogP contribution in [0.2, 0.25) is 5.15 Å². The number of unbranched alkanes of at least 4 members (excludes halogenated alkanes) is 1. The highest BCUT2D eigenvalue weighted by Crippen LogP contribution is 2.26. The molecule has 2 aromatic carbocycles. The maximum Gasteiger partial charge on any atom is 0.322 e. The van der Waals surface area contributed by atoms with Gasteiger partial charge >= 0.3 is 6.03 Å². The largest absolute Gasteiger partial charge is 0.457 e. The number of ether oxygens (including phenoxy) is 1. The summed E-state index contributed by atoms with van der Waals surface area (Å²) in [6.45, 7) is 5.47. The lowest BCUT2D eigenvalue weighted by molar-refractivity contribution is 0.122. The average molecular weight is 589 g/mol. The van der Waals surface area contributed by atoms with Crippen molar-refractivity contribution in [3.8, 4) is 11.5 Å². The predicted molar refractivity (Wildman–Crippen MR) is 159 cm³/mol. The lowest BCUT2D eigenvalue weighted by Crippen LogP contribution is -2.49. The van der Waals surface area contributed by atoms with Crippen molar-refractivity contribution < 1.29 is 17.9 Å². The fourth-order valence-corrected chi connectivity index (χ4v) is 5.54. The molecule has 216 valence electrons. The Kier molecular flexibility index (Phi) is 9.94. The summed E-state index contributed by atoms with van der Waals surface area (Å²) in [6.07, 6.45) is 6.61. The van der Waals surface area contributed by atoms with Gasteiger partial charge < -0.3 is 15.0 Å². The number of urea groups is 1. The molecule has 0 atom stereocenters. The number of anilines is 2. The fraction of sp³-hybridized carbons (Fsp3) is 0.429. The summed E-state index contributed by atoms with van der Waals surface area (Å²) < 4.78 is 32.7. The van der Waals surface area contributed by atoms with E-state index in [1.807, 2.05) is 17.0 Å². The maximum atomic E-state index is 13.2. The third kappa shape index (κ3) is 8.61. The summed E-state index contributed by atoms with van der Waals surface area (Å²) in [5, 5.41) is 7.33. The number of nitrogens with zero attached hydrogens (tertiary/aromatic N) is 4. The van der Waals surface area contributed by atoms with Crippen LogP contribution in [-0.4, -0.2) is 66.0 Å². The Morgan fingerprint density at radius 1 is 1.10 bits per heavy atom. The minimum absolute atomic E-state index is 0.126. The molecule has 0 radical (unpaired) electrons. The highest BCUT2D eigenvalue weighted by atomic mass is 35.5. The molecule has 2 N–H and O–H groups in total. The van der Waals surface area contributed by atoms with Crippen molar-refractivity contribution in [1.29, 1.82) is 0 Å². The van der Waals surface area contributed by atoms with E-state index in [9.17, 15) is 13.2 Å². The molecule has 0 bridgehead atoms. The van der Waals surface area contributed by atoms with Gasteiger partial charge in [-0.2, -0.15) is 5.10 Å². The molecule has 3 aromatic rings. The number of carbonyl (C=O) groups is 1. The summed E-state index contributed by atoms with van der Waals surface area (Å²) in [5.41, 5.74) is 2.20. The van der Waals surface area contributed by atoms with E-state index < -0.39 is 10.0 Å². The molecule has 1 aromatic heterocycles. The van der Waals surface area contributed by atoms with Crippen LogP contribution in [0.15, 0.2) is 54.7 Å². The van der Waals surface area contributed by atoms with E-state index in [1.165, 1.54) is 5.56 Å². The molecule has 2 amide bonds. The van der Waals surface area contributed by atoms with Crippen molar-refractivity contribution in [2.45, 2.75) is 45.2 Å². The van der Waals surface area contributed by atoms with Gasteiger partial charge in [-0.25, -0.2) is 13.2 Å². The van der Waals surface area contributed by atoms with Crippen molar-refractivity contribution in [1.82, 2.24) is 19.6 Å². The number of rotatable bonds is 11. The zero-order valence-electron chi connectivity index (χ0n) is 23.1. The standard InChI is InChI=1S/C28H37ClN6O4S/c1-4-5-16-35(28(36)30-26-20-33(2)31-27(26)29)23-14-17-34(18-15-23)19-21-6-10-24(11-7-21)39-25-12-8-22(9-13-25)32-40(3,37)38/h6-13,20,23,32H,4-5,14-19H2,1-3H3,(H,30,36). The van der Waals surface area contributed by atoms with Crippen LogP contribution in [0.4, 0.5) is 16.2 Å². The second-order valence-corrected chi connectivity index (χ2v) is 12.2. The first kappa shape index (κ1) is 29.7. The maximum absolute atomic E-state index is 13.2. The summed E-state index contributed by atoms with van der Waals surface area (Å²) in [6, 6.07) is 14.8. The third-order valence-corrected chi connectivity index (χ3v) is 7.65. The Morgan fingerprint density at radius 3 is 2.27 bits per heavy atom. The average Bonchev–Trinajstić information content (AvgIpc) is 3.22. The second kappa shape index (κ2) is 13.4. The van der Waals surface area contributed by atoms with Gasteiger partial charge in [0.15, 0.2) is 5.15 Å². The van der Waals surface area contributed by atoms with Crippen LogP contribution in [-0.2, 0) is 23.6 Å². The number of carbonyl (C=O) groups excluding carboxylic acids is 1. The number of likely N-dealkylation sites (tertiary alicyclic amines) is 1. The highest BCUT2D eigenvalue weighted by Gasteiger charge is 2.28. The smallest absolute Gasteiger partial charge is 0.322 e. The van der Waals surface area contributed by atoms with Crippen molar-refractivity contribution in [3.63, 3.8) is 0 Å². The van der Waals surface area contributed by atoms with Gasteiger partial charge in [0.05, 0.1) is 6.26 Å². The number of hydrogen-bond acceptors (Lipinski definition) is 6. The first-order valence-electron chi connectivity index (χ1n) is 13.4. The van der Waals surface area contributed by atoms with Gasteiger partial charge in [-0.1, -0.05) is 37.1 Å². The zero-order chi connectivity index (χ0) is 28.7. The molecule has 12 heteroatoms. The molecule has 10 nitrogen and oxygen atoms in total. The quantitative estimate of drug-likeness (QED) is 0.305. The number of benzene rings is 2. The van der Waals surface area contributed by atoms with E-state index in [-0.39, 0.29) is 17.2 Å². The molecule has 1 saturated heterocycles. The van der Waals surface area contributed by atoms with Crippen molar-refractivity contribution in [3.05, 3.63) is 65.4 Å². The van der Waals surface area contributed by atoms with Crippen molar-refractivity contribution in [2.24, 2.45) is 7.05 Å². The number of sulfonamides is 1. The molecule has 0 saturated carbocycles. The van der Waals surface area contributed by atoms with Gasteiger partial charge in [0.2, 0.25) is 10.0 Å². The van der Waals surface area contributed by atoms with Gasteiger partial charge in [0, 0.05) is 51.2 Å². The normalized spacial score (nSPS) is 14.6. The van der Waals surface area contributed by atoms with Crippen molar-refractivity contribution >= 4 is 39.0 Å². The van der Waals surface area contributed by atoms with E-state index in [1.54, 1.807) is 42.2 Å². The van der Waals surface area contributed by atoms with Gasteiger partial charge in [-0.15, -0.1) is 0 Å². The monoisotopic (exact) mass is 588 g/mol. The molecular weight excluding hydrogens is 552 g/mol. The van der Waals surface area contributed by atoms with E-state index in [0.717, 1.165) is 51.6 Å². The molecule has 2 heterocycles. The first-order chi connectivity index (χ1) is 19.1. The summed E-state index contributed by atoms with van der Waals surface area (Å²) in [5.74, 6) is 1.33. The Hall–Kier alpha value is -3.28. The second-order valence-electron chi connectivity index (χ2n) is 10.1. The Labute approximate surface area is 241 Å². The predicted octanol–water partition coefficient (Wildman–Crippen LogP) is 5.54. The van der Waals surface area contributed by atoms with Gasteiger partial charge in [0.25, 0.3) is 0 Å². The molecular formula is C28H37ClN6O4S. The molecule has 0 aliphatic carbocycles. The topological polar surface area (TPSA) is 109 Å². The van der Waals surface area contributed by atoms with Crippen LogP contribution in [0, 0.1) is 0 Å². The van der Waals surface area contributed by atoms with E-state index in [4.69, 9.17) is 16.3 Å². The Bertz CT molecular complexity index is 1370. The van der Waals surface area contributed by atoms with Crippen LogP contribution in [0.3, 0.4) is 0 Å². The SMILES string of the molecule is CCCCN(C(=O)Nc1cn(C)nc1Cl)C1CCN(Cc2ccc(Oc3ccc(NS(C)(=O)=O)cc3)cc2)CC1. The number of amides is 2. The zero-order valence-corrected chi connectivity index (χ0v) is 24.7. The van der Waals surface area contributed by atoms with Crippen LogP contribution in [0.5, 0.6) is 11.5 Å². The summed E-state index contributed by atoms with van der Waals surface area (Å²) in [7, 11) is -1.54. The van der Waals surface area contributed by atoms with E-state index in [2.05, 4.69) is 39.1 Å². The van der Waals surface area contributed by atoms with Crippen LogP contribution >= 0.6 is 11.6 Å².